The number of aromatic nitrogens is 1. The lowest BCUT2D eigenvalue weighted by Crippen LogP contribution is -2.24. The number of benzene rings is 2. The number of ether oxygens (including phenoxy) is 1. The van der Waals surface area contributed by atoms with E-state index in [2.05, 4.69) is 15.6 Å². The van der Waals surface area contributed by atoms with Crippen LogP contribution in [-0.4, -0.2) is 18.0 Å². The molecule has 6 heteroatoms. The molecule has 1 heterocycles. The molecule has 1 aromatic heterocycles. The van der Waals surface area contributed by atoms with Crippen LogP contribution in [0, 0.1) is 0 Å². The Bertz CT molecular complexity index is 931. The van der Waals surface area contributed by atoms with Gasteiger partial charge in [0.25, 0.3) is 5.91 Å². The Morgan fingerprint density at radius 2 is 1.78 bits per heavy atom. The molecule has 0 aliphatic heterocycles. The van der Waals surface area contributed by atoms with Gasteiger partial charge in [-0.15, -0.1) is 0 Å². The lowest BCUT2D eigenvalue weighted by Gasteiger charge is -2.11. The maximum Gasteiger partial charge on any atom is 0.270 e. The molecule has 0 aliphatic rings. The maximum atomic E-state index is 12.4. The highest BCUT2D eigenvalue weighted by Crippen LogP contribution is 2.18. The van der Waals surface area contributed by atoms with Gasteiger partial charge in [0.15, 0.2) is 0 Å². The number of para-hydroxylation sites is 1. The summed E-state index contributed by atoms with van der Waals surface area (Å²) >= 11 is 6.17. The number of anilines is 1. The Morgan fingerprint density at radius 1 is 1.04 bits per heavy atom. The van der Waals surface area contributed by atoms with Crippen LogP contribution in [0.4, 0.5) is 5.69 Å². The molecule has 2 aromatic carbocycles. The van der Waals surface area contributed by atoms with Crippen LogP contribution in [-0.2, 0) is 13.1 Å². The molecule has 0 aliphatic carbocycles. The van der Waals surface area contributed by atoms with Crippen molar-refractivity contribution in [3.05, 3.63) is 88.7 Å². The molecule has 0 unspecified atom stereocenters. The predicted molar refractivity (Wildman–Crippen MR) is 107 cm³/mol. The molecule has 5 nitrogen and oxygen atoms in total. The lowest BCUT2D eigenvalue weighted by molar-refractivity contribution is 0.0945. The van der Waals surface area contributed by atoms with E-state index in [4.69, 9.17) is 16.3 Å². The van der Waals surface area contributed by atoms with Crippen molar-refractivity contribution in [1.29, 1.82) is 0 Å². The molecule has 0 saturated carbocycles. The average Bonchev–Trinajstić information content (AvgIpc) is 2.72. The topological polar surface area (TPSA) is 63.2 Å². The molecule has 3 aromatic rings. The molecule has 0 saturated heterocycles. The third kappa shape index (κ3) is 4.99. The van der Waals surface area contributed by atoms with Crippen LogP contribution in [0.15, 0.2) is 66.9 Å². The van der Waals surface area contributed by atoms with Crippen molar-refractivity contribution < 1.29 is 9.53 Å². The van der Waals surface area contributed by atoms with E-state index in [0.29, 0.717) is 23.8 Å². The zero-order chi connectivity index (χ0) is 19.1. The van der Waals surface area contributed by atoms with Crippen LogP contribution >= 0.6 is 11.6 Å². The van der Waals surface area contributed by atoms with Gasteiger partial charge in [-0.2, -0.15) is 0 Å². The molecule has 1 amide bonds. The van der Waals surface area contributed by atoms with Gasteiger partial charge in [-0.1, -0.05) is 48.0 Å². The van der Waals surface area contributed by atoms with E-state index in [1.54, 1.807) is 19.4 Å². The summed E-state index contributed by atoms with van der Waals surface area (Å²) < 4.78 is 5.30. The summed E-state index contributed by atoms with van der Waals surface area (Å²) in [5.74, 6) is 0.489. The summed E-state index contributed by atoms with van der Waals surface area (Å²) in [7, 11) is 1.61. The fraction of sp³-hybridized carbons (Fsp3) is 0.143. The van der Waals surface area contributed by atoms with Gasteiger partial charge in [0, 0.05) is 35.6 Å². The minimum atomic E-state index is -0.248. The predicted octanol–water partition coefficient (Wildman–Crippen LogP) is 4.29. The summed E-state index contributed by atoms with van der Waals surface area (Å²) in [6, 6.07) is 18.7. The van der Waals surface area contributed by atoms with Gasteiger partial charge in [-0.3, -0.25) is 9.78 Å². The number of methoxy groups -OCH3 is 1. The second kappa shape index (κ2) is 9.05. The van der Waals surface area contributed by atoms with Crippen molar-refractivity contribution in [2.45, 2.75) is 13.1 Å². The molecule has 0 bridgehead atoms. The number of hydrogen-bond acceptors (Lipinski definition) is 4. The second-order valence-corrected chi connectivity index (χ2v) is 6.28. The summed E-state index contributed by atoms with van der Waals surface area (Å²) in [6.45, 7) is 0.924. The molecule has 0 atom stereocenters. The molecule has 27 heavy (non-hydrogen) atoms. The average molecular weight is 382 g/mol. The molecule has 0 spiro atoms. The number of rotatable bonds is 7. The van der Waals surface area contributed by atoms with E-state index < -0.39 is 0 Å². The standard InChI is InChI=1S/C21H20ClN3O2/c1-27-20-9-5-3-7-16(20)14-25-21(26)19-12-17(10-11-23-19)24-13-15-6-2-4-8-18(15)22/h2-12H,13-14H2,1H3,(H,23,24)(H,25,26). The number of halogens is 1. The van der Waals surface area contributed by atoms with E-state index in [0.717, 1.165) is 22.6 Å². The molecule has 3 rings (SSSR count). The minimum Gasteiger partial charge on any atom is -0.496 e. The van der Waals surface area contributed by atoms with E-state index in [1.807, 2.05) is 54.6 Å². The number of carbonyl (C=O) groups is 1. The third-order valence-electron chi connectivity index (χ3n) is 4.07. The molecule has 0 fully saturated rings. The first kappa shape index (κ1) is 18.7. The van der Waals surface area contributed by atoms with E-state index in [9.17, 15) is 4.79 Å². The molecule has 2 N–H and O–H groups in total. The van der Waals surface area contributed by atoms with Crippen molar-refractivity contribution in [2.75, 3.05) is 12.4 Å². The monoisotopic (exact) mass is 381 g/mol. The number of hydrogen-bond donors (Lipinski definition) is 2. The zero-order valence-corrected chi connectivity index (χ0v) is 15.7. The highest BCUT2D eigenvalue weighted by Gasteiger charge is 2.10. The largest absolute Gasteiger partial charge is 0.496 e. The van der Waals surface area contributed by atoms with Crippen molar-refractivity contribution in [2.24, 2.45) is 0 Å². The Morgan fingerprint density at radius 3 is 2.56 bits per heavy atom. The van der Waals surface area contributed by atoms with E-state index in [-0.39, 0.29) is 5.91 Å². The van der Waals surface area contributed by atoms with Crippen LogP contribution in [0.3, 0.4) is 0 Å². The second-order valence-electron chi connectivity index (χ2n) is 5.87. The molecule has 138 valence electrons. The van der Waals surface area contributed by atoms with Crippen LogP contribution in [0.2, 0.25) is 5.02 Å². The quantitative estimate of drug-likeness (QED) is 0.641. The van der Waals surface area contributed by atoms with Crippen molar-refractivity contribution >= 4 is 23.2 Å². The maximum absolute atomic E-state index is 12.4. The third-order valence-corrected chi connectivity index (χ3v) is 4.43. The number of amides is 1. The SMILES string of the molecule is COc1ccccc1CNC(=O)c1cc(NCc2ccccc2Cl)ccn1. The number of pyridine rings is 1. The summed E-state index contributed by atoms with van der Waals surface area (Å²) in [4.78, 5) is 16.6. The van der Waals surface area contributed by atoms with Gasteiger partial charge >= 0.3 is 0 Å². The van der Waals surface area contributed by atoms with Crippen molar-refractivity contribution in [3.63, 3.8) is 0 Å². The minimum absolute atomic E-state index is 0.248. The van der Waals surface area contributed by atoms with Gasteiger partial charge in [0.2, 0.25) is 0 Å². The fourth-order valence-electron chi connectivity index (χ4n) is 2.62. The van der Waals surface area contributed by atoms with Gasteiger partial charge in [-0.25, -0.2) is 0 Å². The first-order valence-electron chi connectivity index (χ1n) is 8.51. The summed E-state index contributed by atoms with van der Waals surface area (Å²) in [5.41, 5.74) is 3.03. The first-order valence-corrected chi connectivity index (χ1v) is 8.88. The van der Waals surface area contributed by atoms with Gasteiger partial charge in [0.1, 0.15) is 11.4 Å². The Balaban J connectivity index is 1.62. The molecular weight excluding hydrogens is 362 g/mol. The Hall–Kier alpha value is -3.05. The summed E-state index contributed by atoms with van der Waals surface area (Å²) in [5, 5.41) is 6.84. The van der Waals surface area contributed by atoms with Crippen LogP contribution in [0.1, 0.15) is 21.6 Å². The molecule has 0 radical (unpaired) electrons. The van der Waals surface area contributed by atoms with E-state index in [1.165, 1.54) is 0 Å². The normalized spacial score (nSPS) is 10.3. The highest BCUT2D eigenvalue weighted by molar-refractivity contribution is 6.31. The fourth-order valence-corrected chi connectivity index (χ4v) is 2.82. The highest BCUT2D eigenvalue weighted by atomic mass is 35.5. The lowest BCUT2D eigenvalue weighted by atomic mass is 10.2. The Kier molecular flexibility index (Phi) is 6.28. The van der Waals surface area contributed by atoms with Crippen LogP contribution < -0.4 is 15.4 Å². The molecular formula is C21H20ClN3O2. The summed E-state index contributed by atoms with van der Waals surface area (Å²) in [6.07, 6.45) is 1.60. The van der Waals surface area contributed by atoms with Crippen LogP contribution in [0.5, 0.6) is 5.75 Å². The van der Waals surface area contributed by atoms with Gasteiger partial charge in [-0.05, 0) is 29.8 Å². The van der Waals surface area contributed by atoms with Gasteiger partial charge in [0.05, 0.1) is 7.11 Å². The van der Waals surface area contributed by atoms with Crippen molar-refractivity contribution in [1.82, 2.24) is 10.3 Å². The van der Waals surface area contributed by atoms with Crippen LogP contribution in [0.25, 0.3) is 0 Å². The van der Waals surface area contributed by atoms with Gasteiger partial charge < -0.3 is 15.4 Å². The smallest absolute Gasteiger partial charge is 0.270 e. The Labute approximate surface area is 163 Å². The number of nitrogens with zero attached hydrogens (tertiary/aromatic N) is 1. The first-order chi connectivity index (χ1) is 13.2. The zero-order valence-electron chi connectivity index (χ0n) is 14.9. The van der Waals surface area contributed by atoms with E-state index >= 15 is 0 Å². The number of nitrogens with one attached hydrogen (secondary N) is 2. The van der Waals surface area contributed by atoms with Crippen molar-refractivity contribution in [3.8, 4) is 5.75 Å². The number of carbonyl (C=O) groups excluding carboxylic acids is 1.